The molecule has 0 bridgehead atoms. The minimum Gasteiger partial charge on any atom is -0.379 e. The summed E-state index contributed by atoms with van der Waals surface area (Å²) in [7, 11) is 6.01. The van der Waals surface area contributed by atoms with Crippen LogP contribution in [-0.4, -0.2) is 93.6 Å². The third-order valence-corrected chi connectivity index (χ3v) is 8.97. The van der Waals surface area contributed by atoms with Gasteiger partial charge in [-0.3, -0.25) is 4.79 Å². The average Bonchev–Trinajstić information content (AvgIpc) is 3.79. The van der Waals surface area contributed by atoms with E-state index < -0.39 is 24.9 Å². The predicted molar refractivity (Wildman–Crippen MR) is 162 cm³/mol. The summed E-state index contributed by atoms with van der Waals surface area (Å²) in [5.74, 6) is -0.315. The Morgan fingerprint density at radius 1 is 1.18 bits per heavy atom. The number of carbonyl (C=O) groups is 1. The van der Waals surface area contributed by atoms with E-state index >= 15 is 0 Å². The number of benzene rings is 1. The van der Waals surface area contributed by atoms with Gasteiger partial charge in [-0.15, -0.1) is 0 Å². The number of fused-ring (bicyclic) bond motifs is 1. The molecule has 2 fully saturated rings. The number of aromatic nitrogens is 4. The number of halogens is 4. The van der Waals surface area contributed by atoms with Crippen LogP contribution in [0.5, 0.6) is 0 Å². The lowest BCUT2D eigenvalue weighted by molar-refractivity contribution is -0.139. The highest BCUT2D eigenvalue weighted by atomic mass is 19.4. The number of anilines is 1. The molecule has 4 heterocycles. The van der Waals surface area contributed by atoms with Gasteiger partial charge in [0.2, 0.25) is 11.7 Å². The summed E-state index contributed by atoms with van der Waals surface area (Å²) in [6.07, 6.45) is 1.82. The SMILES string of the molecule is CN1CC[C@@H](Nc2cccc3c2cc(-c2noc(CNC(=O)c4ccn([C@@H]5CC[C@H](N(C)C)C5)c4)n2)n3CC(F)(F)F)[C@@H](F)C1. The van der Waals surface area contributed by atoms with Crippen molar-refractivity contribution >= 4 is 22.5 Å². The smallest absolute Gasteiger partial charge is 0.379 e. The first kappa shape index (κ1) is 31.1. The van der Waals surface area contributed by atoms with Gasteiger partial charge in [0.15, 0.2) is 0 Å². The molecule has 0 radical (unpaired) electrons. The molecule has 1 saturated heterocycles. The zero-order valence-electron chi connectivity index (χ0n) is 25.5. The molecule has 1 aromatic carbocycles. The minimum absolute atomic E-state index is 0.0452. The van der Waals surface area contributed by atoms with Crippen LogP contribution in [0.4, 0.5) is 23.2 Å². The number of amides is 1. The Balaban J connectivity index is 1.18. The van der Waals surface area contributed by atoms with Crippen molar-refractivity contribution in [3.63, 3.8) is 0 Å². The summed E-state index contributed by atoms with van der Waals surface area (Å²) in [6.45, 7) is -0.383. The number of likely N-dealkylation sites (tertiary alicyclic amines) is 1. The predicted octanol–water partition coefficient (Wildman–Crippen LogP) is 5.09. The molecule has 45 heavy (non-hydrogen) atoms. The van der Waals surface area contributed by atoms with Crippen LogP contribution in [0.25, 0.3) is 22.4 Å². The number of piperidine rings is 1. The van der Waals surface area contributed by atoms with E-state index in [9.17, 15) is 22.4 Å². The molecule has 4 atom stereocenters. The molecule has 242 valence electrons. The van der Waals surface area contributed by atoms with Crippen LogP contribution in [0, 0.1) is 0 Å². The number of hydrogen-bond acceptors (Lipinski definition) is 7. The van der Waals surface area contributed by atoms with E-state index in [1.165, 1.54) is 0 Å². The molecule has 1 saturated carbocycles. The molecular weight excluding hydrogens is 592 g/mol. The number of carbonyl (C=O) groups excluding carboxylic acids is 1. The molecule has 1 aliphatic heterocycles. The van der Waals surface area contributed by atoms with Crippen LogP contribution >= 0.6 is 0 Å². The lowest BCUT2D eigenvalue weighted by atomic mass is 10.0. The van der Waals surface area contributed by atoms with E-state index in [0.717, 1.165) is 23.8 Å². The third-order valence-electron chi connectivity index (χ3n) is 8.97. The van der Waals surface area contributed by atoms with E-state index in [2.05, 4.69) is 44.3 Å². The highest BCUT2D eigenvalue weighted by Crippen LogP contribution is 2.35. The fourth-order valence-electron chi connectivity index (χ4n) is 6.50. The zero-order valence-corrected chi connectivity index (χ0v) is 25.5. The van der Waals surface area contributed by atoms with E-state index in [4.69, 9.17) is 4.52 Å². The highest BCUT2D eigenvalue weighted by molar-refractivity contribution is 5.96. The normalized spacial score (nSPS) is 22.8. The first-order chi connectivity index (χ1) is 21.4. The second-order valence-electron chi connectivity index (χ2n) is 12.4. The summed E-state index contributed by atoms with van der Waals surface area (Å²) >= 11 is 0. The number of nitrogens with one attached hydrogen (secondary N) is 2. The van der Waals surface area contributed by atoms with Crippen molar-refractivity contribution < 1.29 is 26.9 Å². The quantitative estimate of drug-likeness (QED) is 0.249. The van der Waals surface area contributed by atoms with E-state index in [0.29, 0.717) is 47.2 Å². The van der Waals surface area contributed by atoms with E-state index in [-0.39, 0.29) is 36.4 Å². The summed E-state index contributed by atoms with van der Waals surface area (Å²) in [4.78, 5) is 21.3. The molecule has 2 aliphatic rings. The topological polar surface area (TPSA) is 96.4 Å². The molecule has 6 rings (SSSR count). The fourth-order valence-corrected chi connectivity index (χ4v) is 6.50. The van der Waals surface area contributed by atoms with Crippen molar-refractivity contribution in [2.45, 2.75) is 69.2 Å². The number of nitrogens with zero attached hydrogens (tertiary/aromatic N) is 6. The molecule has 10 nitrogen and oxygen atoms in total. The Labute approximate surface area is 258 Å². The van der Waals surface area contributed by atoms with Crippen molar-refractivity contribution in [3.8, 4) is 11.5 Å². The summed E-state index contributed by atoms with van der Waals surface area (Å²) in [5, 5.41) is 10.4. The van der Waals surface area contributed by atoms with Gasteiger partial charge in [-0.25, -0.2) is 4.39 Å². The lowest BCUT2D eigenvalue weighted by Gasteiger charge is -2.33. The van der Waals surface area contributed by atoms with Crippen LogP contribution in [-0.2, 0) is 13.1 Å². The van der Waals surface area contributed by atoms with Gasteiger partial charge in [-0.1, -0.05) is 11.2 Å². The average molecular weight is 631 g/mol. The Morgan fingerprint density at radius 3 is 2.73 bits per heavy atom. The second kappa shape index (κ2) is 12.5. The lowest BCUT2D eigenvalue weighted by Crippen LogP contribution is -2.46. The molecule has 1 aliphatic carbocycles. The Kier molecular flexibility index (Phi) is 8.61. The maximum atomic E-state index is 14.8. The number of hydrogen-bond donors (Lipinski definition) is 2. The molecule has 14 heteroatoms. The molecular formula is C31H38F4N8O2. The summed E-state index contributed by atoms with van der Waals surface area (Å²) in [5.41, 5.74) is 1.43. The van der Waals surface area contributed by atoms with Gasteiger partial charge in [0.25, 0.3) is 5.91 Å². The molecule has 0 spiro atoms. The van der Waals surface area contributed by atoms with Crippen molar-refractivity contribution in [2.24, 2.45) is 0 Å². The molecule has 0 unspecified atom stereocenters. The number of rotatable bonds is 9. The van der Waals surface area contributed by atoms with Gasteiger partial charge in [0.05, 0.1) is 29.4 Å². The van der Waals surface area contributed by atoms with Crippen LogP contribution in [0.1, 0.15) is 48.0 Å². The molecule has 2 N–H and O–H groups in total. The highest BCUT2D eigenvalue weighted by Gasteiger charge is 2.33. The van der Waals surface area contributed by atoms with Gasteiger partial charge >= 0.3 is 6.18 Å². The maximum Gasteiger partial charge on any atom is 0.406 e. The van der Waals surface area contributed by atoms with Crippen molar-refractivity contribution in [1.29, 1.82) is 0 Å². The Morgan fingerprint density at radius 2 is 2.00 bits per heavy atom. The first-order valence-electron chi connectivity index (χ1n) is 15.2. The number of alkyl halides is 4. The van der Waals surface area contributed by atoms with Crippen LogP contribution < -0.4 is 10.6 Å². The second-order valence-corrected chi connectivity index (χ2v) is 12.4. The van der Waals surface area contributed by atoms with Gasteiger partial charge in [-0.2, -0.15) is 18.2 Å². The molecule has 1 amide bonds. The molecule has 3 aromatic heterocycles. The van der Waals surface area contributed by atoms with Crippen LogP contribution in [0.15, 0.2) is 47.2 Å². The Bertz CT molecular complexity index is 1640. The van der Waals surface area contributed by atoms with Crippen molar-refractivity contribution in [2.75, 3.05) is 39.5 Å². The van der Waals surface area contributed by atoms with Crippen LogP contribution in [0.3, 0.4) is 0 Å². The standard InChI is InChI=1S/C31H38F4N8O2/c1-40(2)20-7-8-21(13-20)42-12-9-19(16-42)30(44)36-15-28-38-29(39-45-28)27-14-22-24(37-25-10-11-41(3)17-23(25)32)5-4-6-26(22)43(27)18-31(33,34)35/h4-6,9,12,14,16,20-21,23,25,37H,7-8,10-11,13,15,17-18H2,1-3H3,(H,36,44)/t20-,21+,23-,25+/m0/s1. The third kappa shape index (κ3) is 6.86. The largest absolute Gasteiger partial charge is 0.406 e. The maximum absolute atomic E-state index is 14.8. The van der Waals surface area contributed by atoms with E-state index in [1.807, 2.05) is 24.3 Å². The fraction of sp³-hybridized carbons (Fsp3) is 0.516. The van der Waals surface area contributed by atoms with Gasteiger partial charge < -0.3 is 34.1 Å². The monoisotopic (exact) mass is 630 g/mol. The molecule has 4 aromatic rings. The van der Waals surface area contributed by atoms with Gasteiger partial charge in [-0.05, 0) is 71.1 Å². The first-order valence-corrected chi connectivity index (χ1v) is 15.2. The van der Waals surface area contributed by atoms with Crippen molar-refractivity contribution in [3.05, 3.63) is 54.2 Å². The van der Waals surface area contributed by atoms with Gasteiger partial charge in [0, 0.05) is 48.6 Å². The minimum atomic E-state index is -4.52. The van der Waals surface area contributed by atoms with Crippen molar-refractivity contribution in [1.82, 2.24) is 34.4 Å². The van der Waals surface area contributed by atoms with Gasteiger partial charge in [0.1, 0.15) is 12.7 Å². The Hall–Kier alpha value is -3.91. The summed E-state index contributed by atoms with van der Waals surface area (Å²) < 4.78 is 64.5. The zero-order chi connectivity index (χ0) is 31.9. The van der Waals surface area contributed by atoms with Crippen LogP contribution in [0.2, 0.25) is 0 Å². The summed E-state index contributed by atoms with van der Waals surface area (Å²) in [6, 6.07) is 8.65. The van der Waals surface area contributed by atoms with E-state index in [1.54, 1.807) is 30.3 Å².